The number of rotatable bonds is 5. The Morgan fingerprint density at radius 1 is 1.31 bits per heavy atom. The Morgan fingerprint density at radius 3 is 2.42 bits per heavy atom. The molecule has 0 fully saturated rings. The normalized spacial score (nSPS) is 17.1. The number of ether oxygens (including phenoxy) is 1. The molecule has 2 heterocycles. The predicted molar refractivity (Wildman–Crippen MR) is 109 cm³/mol. The first-order valence-corrected chi connectivity index (χ1v) is 11.6. The van der Waals surface area contributed by atoms with Gasteiger partial charge in [-0.2, -0.15) is 9.19 Å². The number of carbonyl (C=O) groups excluding carboxylic acids is 1. The minimum atomic E-state index is -3.58. The van der Waals surface area contributed by atoms with Crippen molar-refractivity contribution < 1.29 is 17.9 Å². The van der Waals surface area contributed by atoms with Crippen LogP contribution in [0.5, 0.6) is 0 Å². The largest absolute Gasteiger partial charge is 0.444 e. The maximum atomic E-state index is 12.7. The van der Waals surface area contributed by atoms with Crippen LogP contribution in [0.3, 0.4) is 0 Å². The standard InChI is InChI=1S/C16H25ClIN3O4S/c1-10(6-17)11(2)9-26(23,24)21-14(18)12-7-20(8-13(12)19-21)15(22)25-16(3,4)5/h10-11H,6-9H2,1-5H3. The fourth-order valence-electron chi connectivity index (χ4n) is 2.52. The summed E-state index contributed by atoms with van der Waals surface area (Å²) < 4.78 is 32.5. The summed E-state index contributed by atoms with van der Waals surface area (Å²) >= 11 is 7.82. The Kier molecular flexibility index (Phi) is 6.55. The van der Waals surface area contributed by atoms with E-state index in [-0.39, 0.29) is 24.1 Å². The molecule has 0 aliphatic carbocycles. The zero-order chi connectivity index (χ0) is 19.9. The maximum absolute atomic E-state index is 12.7. The molecular formula is C16H25ClIN3O4S. The molecule has 0 aromatic carbocycles. The molecule has 10 heteroatoms. The van der Waals surface area contributed by atoms with Gasteiger partial charge in [0.25, 0.3) is 10.0 Å². The van der Waals surface area contributed by atoms with Crippen molar-refractivity contribution in [1.29, 1.82) is 0 Å². The zero-order valence-electron chi connectivity index (χ0n) is 15.6. The van der Waals surface area contributed by atoms with Gasteiger partial charge in [-0.1, -0.05) is 13.8 Å². The van der Waals surface area contributed by atoms with E-state index in [0.717, 1.165) is 9.65 Å². The van der Waals surface area contributed by atoms with Crippen molar-refractivity contribution in [2.24, 2.45) is 11.8 Å². The van der Waals surface area contributed by atoms with Gasteiger partial charge in [0.1, 0.15) is 9.30 Å². The van der Waals surface area contributed by atoms with Crippen LogP contribution in [0.4, 0.5) is 4.79 Å². The monoisotopic (exact) mass is 517 g/mol. The Bertz CT molecular complexity index is 788. The Morgan fingerprint density at radius 2 is 1.92 bits per heavy atom. The number of halogens is 2. The number of fused-ring (bicyclic) bond motifs is 1. The molecule has 0 bridgehead atoms. The molecule has 148 valence electrons. The Balaban J connectivity index is 2.17. The first kappa shape index (κ1) is 21.7. The van der Waals surface area contributed by atoms with Gasteiger partial charge in [0.15, 0.2) is 0 Å². The first-order chi connectivity index (χ1) is 11.9. The highest BCUT2D eigenvalue weighted by molar-refractivity contribution is 14.1. The van der Waals surface area contributed by atoms with Crippen molar-refractivity contribution in [3.63, 3.8) is 0 Å². The van der Waals surface area contributed by atoms with Gasteiger partial charge >= 0.3 is 6.09 Å². The van der Waals surface area contributed by atoms with Gasteiger partial charge in [0.05, 0.1) is 24.5 Å². The maximum Gasteiger partial charge on any atom is 0.410 e. The van der Waals surface area contributed by atoms with E-state index in [2.05, 4.69) is 5.10 Å². The molecule has 0 saturated heterocycles. The quantitative estimate of drug-likeness (QED) is 0.442. The first-order valence-electron chi connectivity index (χ1n) is 8.39. The van der Waals surface area contributed by atoms with Gasteiger partial charge in [-0.25, -0.2) is 13.2 Å². The predicted octanol–water partition coefficient (Wildman–Crippen LogP) is 3.43. The van der Waals surface area contributed by atoms with Crippen molar-refractivity contribution in [3.05, 3.63) is 15.0 Å². The number of alkyl halides is 1. The lowest BCUT2D eigenvalue weighted by Gasteiger charge is -2.24. The average molecular weight is 518 g/mol. The lowest BCUT2D eigenvalue weighted by molar-refractivity contribution is 0.0239. The van der Waals surface area contributed by atoms with E-state index in [1.54, 1.807) is 20.8 Å². The van der Waals surface area contributed by atoms with Crippen molar-refractivity contribution >= 4 is 50.3 Å². The highest BCUT2D eigenvalue weighted by Gasteiger charge is 2.35. The summed E-state index contributed by atoms with van der Waals surface area (Å²) in [6.07, 6.45) is -0.426. The van der Waals surface area contributed by atoms with Gasteiger partial charge in [-0.3, -0.25) is 4.90 Å². The third-order valence-electron chi connectivity index (χ3n) is 4.27. The second kappa shape index (κ2) is 7.83. The van der Waals surface area contributed by atoms with Crippen LogP contribution in [0.15, 0.2) is 0 Å². The molecule has 1 aliphatic rings. The highest BCUT2D eigenvalue weighted by Crippen LogP contribution is 2.29. The van der Waals surface area contributed by atoms with Gasteiger partial charge in [0, 0.05) is 11.4 Å². The Labute approximate surface area is 173 Å². The van der Waals surface area contributed by atoms with Crippen LogP contribution in [0, 0.1) is 15.5 Å². The smallest absolute Gasteiger partial charge is 0.410 e. The van der Waals surface area contributed by atoms with E-state index in [9.17, 15) is 13.2 Å². The van der Waals surface area contributed by atoms with Crippen molar-refractivity contribution in [2.45, 2.75) is 53.3 Å². The molecule has 1 amide bonds. The number of carbonyl (C=O) groups is 1. The zero-order valence-corrected chi connectivity index (χ0v) is 19.4. The van der Waals surface area contributed by atoms with Crippen LogP contribution in [0.1, 0.15) is 45.9 Å². The minimum absolute atomic E-state index is 0.0206. The van der Waals surface area contributed by atoms with Gasteiger partial charge in [0.2, 0.25) is 0 Å². The third-order valence-corrected chi connectivity index (χ3v) is 7.93. The average Bonchev–Trinajstić information content (AvgIpc) is 3.04. The number of aromatic nitrogens is 2. The molecule has 7 nitrogen and oxygen atoms in total. The number of hydrogen-bond donors (Lipinski definition) is 0. The van der Waals surface area contributed by atoms with Crippen molar-refractivity contribution in [1.82, 2.24) is 14.1 Å². The topological polar surface area (TPSA) is 81.5 Å². The number of nitrogens with zero attached hydrogens (tertiary/aromatic N) is 3. The highest BCUT2D eigenvalue weighted by atomic mass is 127. The second-order valence-electron chi connectivity index (χ2n) is 7.78. The van der Waals surface area contributed by atoms with Crippen LogP contribution in [-0.4, -0.2) is 45.8 Å². The van der Waals surface area contributed by atoms with E-state index in [4.69, 9.17) is 16.3 Å². The number of amides is 1. The van der Waals surface area contributed by atoms with Crippen LogP contribution >= 0.6 is 34.2 Å². The van der Waals surface area contributed by atoms with Crippen molar-refractivity contribution in [2.75, 3.05) is 11.6 Å². The fraction of sp³-hybridized carbons (Fsp3) is 0.750. The molecular weight excluding hydrogens is 493 g/mol. The summed E-state index contributed by atoms with van der Waals surface area (Å²) in [5, 5.41) is 4.27. The third kappa shape index (κ3) is 4.83. The fourth-order valence-corrected chi connectivity index (χ4v) is 6.02. The molecule has 1 aliphatic heterocycles. The molecule has 0 radical (unpaired) electrons. The van der Waals surface area contributed by atoms with E-state index in [1.807, 2.05) is 36.4 Å². The summed E-state index contributed by atoms with van der Waals surface area (Å²) in [5.41, 5.74) is 0.780. The van der Waals surface area contributed by atoms with Crippen LogP contribution in [0.2, 0.25) is 0 Å². The van der Waals surface area contributed by atoms with Gasteiger partial charge < -0.3 is 4.74 Å². The second-order valence-corrected chi connectivity index (χ2v) is 11.0. The molecule has 26 heavy (non-hydrogen) atoms. The number of hydrogen-bond acceptors (Lipinski definition) is 5. The SMILES string of the molecule is CC(CCl)C(C)CS(=O)(=O)n1nc2c(c1I)CN(C(=O)OC(C)(C)C)C2. The van der Waals surface area contributed by atoms with E-state index in [1.165, 1.54) is 4.90 Å². The van der Waals surface area contributed by atoms with E-state index >= 15 is 0 Å². The minimum Gasteiger partial charge on any atom is -0.444 e. The molecule has 1 aromatic heterocycles. The molecule has 2 unspecified atom stereocenters. The molecule has 1 aromatic rings. The van der Waals surface area contributed by atoms with Crippen molar-refractivity contribution in [3.8, 4) is 0 Å². The van der Waals surface area contributed by atoms with Crippen LogP contribution < -0.4 is 0 Å². The van der Waals surface area contributed by atoms with E-state index < -0.39 is 21.7 Å². The van der Waals surface area contributed by atoms with Crippen LogP contribution in [-0.2, 0) is 27.8 Å². The van der Waals surface area contributed by atoms with Gasteiger partial charge in [-0.15, -0.1) is 11.6 Å². The summed E-state index contributed by atoms with van der Waals surface area (Å²) in [6, 6.07) is 0. The van der Waals surface area contributed by atoms with Gasteiger partial charge in [-0.05, 0) is 55.2 Å². The molecule has 0 spiro atoms. The lowest BCUT2D eigenvalue weighted by Crippen LogP contribution is -2.34. The lowest BCUT2D eigenvalue weighted by atomic mass is 10.0. The summed E-state index contributed by atoms with van der Waals surface area (Å²) in [5.74, 6) is 0.404. The summed E-state index contributed by atoms with van der Waals surface area (Å²) in [7, 11) is -3.58. The summed E-state index contributed by atoms with van der Waals surface area (Å²) in [6.45, 7) is 9.76. The molecule has 0 saturated carbocycles. The summed E-state index contributed by atoms with van der Waals surface area (Å²) in [4.78, 5) is 13.7. The molecule has 2 rings (SSSR count). The molecule has 0 N–H and O–H groups in total. The van der Waals surface area contributed by atoms with E-state index in [0.29, 0.717) is 21.8 Å². The van der Waals surface area contributed by atoms with Crippen LogP contribution in [0.25, 0.3) is 0 Å². The Hall–Kier alpha value is -0.550. The molecule has 2 atom stereocenters.